The lowest BCUT2D eigenvalue weighted by Crippen LogP contribution is -2.34. The van der Waals surface area contributed by atoms with Gasteiger partial charge < -0.3 is 10.1 Å². The van der Waals surface area contributed by atoms with E-state index in [1.165, 1.54) is 19.3 Å². The van der Waals surface area contributed by atoms with Crippen LogP contribution in [-0.2, 0) is 9.53 Å². The first-order valence-corrected chi connectivity index (χ1v) is 6.51. The topological polar surface area (TPSA) is 75.7 Å². The lowest BCUT2D eigenvalue weighted by Gasteiger charge is -2.12. The van der Waals surface area contributed by atoms with Crippen molar-refractivity contribution >= 4 is 30.2 Å². The van der Waals surface area contributed by atoms with Crippen LogP contribution in [0, 0.1) is 12.5 Å². The van der Waals surface area contributed by atoms with Gasteiger partial charge in [-0.15, -0.1) is 12.4 Å². The zero-order chi connectivity index (χ0) is 16.1. The molecule has 0 spiro atoms. The molecule has 1 N–H and O–H groups in total. The second kappa shape index (κ2) is 8.01. The number of esters is 1. The number of nitrogens with zero attached hydrogens (tertiary/aromatic N) is 1. The molecule has 7 heteroatoms. The van der Waals surface area contributed by atoms with Crippen LogP contribution in [0.5, 0.6) is 0 Å². The minimum atomic E-state index is -0.829. The fourth-order valence-corrected chi connectivity index (χ4v) is 2.11. The number of hydrogen-bond donors (Lipinski definition) is 1. The molecule has 0 fully saturated rings. The summed E-state index contributed by atoms with van der Waals surface area (Å²) in [6.07, 6.45) is 8.07. The Hall–Kier alpha value is -2.78. The smallest absolute Gasteiger partial charge is 0.332 e. The molecule has 0 radical (unpaired) electrons. The van der Waals surface area contributed by atoms with Crippen LogP contribution < -0.4 is 5.32 Å². The van der Waals surface area contributed by atoms with Gasteiger partial charge in [0.25, 0.3) is 11.8 Å². The van der Waals surface area contributed by atoms with Gasteiger partial charge >= 0.3 is 5.97 Å². The van der Waals surface area contributed by atoms with E-state index in [0.29, 0.717) is 11.1 Å². The Bertz CT molecular complexity index is 659. The average Bonchev–Trinajstić information content (AvgIpc) is 2.78. The molecule has 2 rings (SSSR count). The van der Waals surface area contributed by atoms with E-state index >= 15 is 0 Å². The number of carbonyl (C=O) groups excluding carboxylic acids is 3. The van der Waals surface area contributed by atoms with Crippen LogP contribution in [0.3, 0.4) is 0 Å². The van der Waals surface area contributed by atoms with Crippen molar-refractivity contribution in [1.82, 2.24) is 10.2 Å². The van der Waals surface area contributed by atoms with Crippen LogP contribution in [-0.4, -0.2) is 42.4 Å². The monoisotopic (exact) mass is 334 g/mol. The molecule has 1 atom stereocenters. The SMILES string of the molecule is C#CNC(C=CCN1C(=O)c2ccccc2C1=O)C(=O)OC.Cl. The summed E-state index contributed by atoms with van der Waals surface area (Å²) in [5.41, 5.74) is 0.763. The molecule has 1 aliphatic heterocycles. The van der Waals surface area contributed by atoms with Crippen molar-refractivity contribution in [2.45, 2.75) is 6.04 Å². The second-order valence-electron chi connectivity index (χ2n) is 4.48. The van der Waals surface area contributed by atoms with Crippen molar-refractivity contribution in [3.63, 3.8) is 0 Å². The quantitative estimate of drug-likeness (QED) is 0.286. The zero-order valence-corrected chi connectivity index (χ0v) is 13.1. The first-order valence-electron chi connectivity index (χ1n) is 6.51. The molecule has 0 bridgehead atoms. The number of halogens is 1. The van der Waals surface area contributed by atoms with Gasteiger partial charge in [-0.05, 0) is 12.1 Å². The maximum Gasteiger partial charge on any atom is 0.332 e. The number of carbonyl (C=O) groups is 3. The third-order valence-corrected chi connectivity index (χ3v) is 3.19. The van der Waals surface area contributed by atoms with Crippen LogP contribution in [0.25, 0.3) is 0 Å². The minimum Gasteiger partial charge on any atom is -0.467 e. The van der Waals surface area contributed by atoms with Crippen molar-refractivity contribution in [2.24, 2.45) is 0 Å². The number of fused-ring (bicyclic) bond motifs is 1. The highest BCUT2D eigenvalue weighted by molar-refractivity contribution is 6.21. The average molecular weight is 335 g/mol. The van der Waals surface area contributed by atoms with Crippen molar-refractivity contribution in [3.8, 4) is 12.5 Å². The van der Waals surface area contributed by atoms with Crippen molar-refractivity contribution in [1.29, 1.82) is 0 Å². The molecule has 23 heavy (non-hydrogen) atoms. The number of rotatable bonds is 5. The van der Waals surface area contributed by atoms with E-state index < -0.39 is 12.0 Å². The van der Waals surface area contributed by atoms with E-state index in [1.807, 2.05) is 0 Å². The standard InChI is InChI=1S/C16H14N2O4.ClH/c1-3-17-13(16(21)22-2)9-6-10-18-14(19)11-7-4-5-8-12(11)15(18)20;/h1,4-9,13,17H,10H2,2H3;1H. The van der Waals surface area contributed by atoms with Crippen LogP contribution in [0.4, 0.5) is 0 Å². The zero-order valence-electron chi connectivity index (χ0n) is 12.3. The summed E-state index contributed by atoms with van der Waals surface area (Å²) in [7, 11) is 1.24. The lowest BCUT2D eigenvalue weighted by atomic mass is 10.1. The molecule has 0 aromatic heterocycles. The van der Waals surface area contributed by atoms with E-state index in [1.54, 1.807) is 24.3 Å². The van der Waals surface area contributed by atoms with E-state index in [0.717, 1.165) is 4.90 Å². The summed E-state index contributed by atoms with van der Waals surface area (Å²) in [4.78, 5) is 36.8. The Kier molecular flexibility index (Phi) is 6.36. The predicted octanol–water partition coefficient (Wildman–Crippen LogP) is 0.983. The normalized spacial score (nSPS) is 14.0. The summed E-state index contributed by atoms with van der Waals surface area (Å²) < 4.78 is 4.58. The molecular formula is C16H15ClN2O4. The summed E-state index contributed by atoms with van der Waals surface area (Å²) >= 11 is 0. The molecule has 1 aromatic rings. The van der Waals surface area contributed by atoms with Gasteiger partial charge in [0.1, 0.15) is 6.04 Å². The van der Waals surface area contributed by atoms with Crippen LogP contribution >= 0.6 is 12.4 Å². The summed E-state index contributed by atoms with van der Waals surface area (Å²) in [5.74, 6) is -1.27. The minimum absolute atomic E-state index is 0. The van der Waals surface area contributed by atoms with Crippen LogP contribution in [0.1, 0.15) is 20.7 Å². The summed E-state index contributed by atoms with van der Waals surface area (Å²) in [5, 5.41) is 2.48. The van der Waals surface area contributed by atoms with Gasteiger partial charge in [-0.3, -0.25) is 14.5 Å². The number of methoxy groups -OCH3 is 1. The van der Waals surface area contributed by atoms with Crippen molar-refractivity contribution < 1.29 is 19.1 Å². The molecule has 1 heterocycles. The molecule has 0 saturated heterocycles. The van der Waals surface area contributed by atoms with E-state index in [2.05, 4.69) is 16.1 Å². The molecule has 1 aliphatic rings. The van der Waals surface area contributed by atoms with E-state index in [9.17, 15) is 14.4 Å². The molecule has 6 nitrogen and oxygen atoms in total. The Morgan fingerprint density at radius 2 is 1.91 bits per heavy atom. The number of imide groups is 1. The Morgan fingerprint density at radius 3 is 2.39 bits per heavy atom. The molecule has 0 aliphatic carbocycles. The van der Waals surface area contributed by atoms with Gasteiger partial charge in [-0.1, -0.05) is 30.7 Å². The Labute approximate surface area is 139 Å². The van der Waals surface area contributed by atoms with Crippen LogP contribution in [0.15, 0.2) is 36.4 Å². The Morgan fingerprint density at radius 1 is 1.35 bits per heavy atom. The second-order valence-corrected chi connectivity index (χ2v) is 4.48. The molecular weight excluding hydrogens is 320 g/mol. The molecule has 1 aromatic carbocycles. The third-order valence-electron chi connectivity index (χ3n) is 3.19. The van der Waals surface area contributed by atoms with Crippen LogP contribution in [0.2, 0.25) is 0 Å². The maximum atomic E-state index is 12.1. The lowest BCUT2D eigenvalue weighted by molar-refractivity contribution is -0.141. The van der Waals surface area contributed by atoms with Gasteiger partial charge in [-0.2, -0.15) is 0 Å². The predicted molar refractivity (Wildman–Crippen MR) is 86.0 cm³/mol. The molecule has 2 amide bonds. The fraction of sp³-hybridized carbons (Fsp3) is 0.188. The van der Waals surface area contributed by atoms with E-state index in [-0.39, 0.29) is 30.8 Å². The number of ether oxygens (including phenoxy) is 1. The number of amides is 2. The number of hydrogen-bond acceptors (Lipinski definition) is 5. The fourth-order valence-electron chi connectivity index (χ4n) is 2.11. The first kappa shape index (κ1) is 18.3. The largest absolute Gasteiger partial charge is 0.467 e. The Balaban J connectivity index is 0.00000264. The summed E-state index contributed by atoms with van der Waals surface area (Å²) in [6, 6.07) is 7.93. The highest BCUT2D eigenvalue weighted by Crippen LogP contribution is 2.21. The third kappa shape index (κ3) is 3.71. The van der Waals surface area contributed by atoms with Gasteiger partial charge in [0.05, 0.1) is 18.2 Å². The highest BCUT2D eigenvalue weighted by atomic mass is 35.5. The van der Waals surface area contributed by atoms with Gasteiger partial charge in [0, 0.05) is 12.6 Å². The van der Waals surface area contributed by atoms with Gasteiger partial charge in [0.15, 0.2) is 0 Å². The molecule has 1 unspecified atom stereocenters. The van der Waals surface area contributed by atoms with Gasteiger partial charge in [0.2, 0.25) is 0 Å². The highest BCUT2D eigenvalue weighted by Gasteiger charge is 2.34. The van der Waals surface area contributed by atoms with Crippen molar-refractivity contribution in [2.75, 3.05) is 13.7 Å². The number of terminal acetylenes is 1. The van der Waals surface area contributed by atoms with E-state index in [4.69, 9.17) is 6.42 Å². The number of nitrogens with one attached hydrogen (secondary N) is 1. The van der Waals surface area contributed by atoms with Gasteiger partial charge in [-0.25, -0.2) is 4.79 Å². The number of benzene rings is 1. The molecule has 0 saturated carbocycles. The first-order chi connectivity index (χ1) is 10.6. The summed E-state index contributed by atoms with van der Waals surface area (Å²) in [6.45, 7) is 0.0477. The maximum absolute atomic E-state index is 12.1. The molecule has 120 valence electrons. The van der Waals surface area contributed by atoms with Crippen molar-refractivity contribution in [3.05, 3.63) is 47.5 Å².